The molecule has 5 aliphatic carbocycles. The van der Waals surface area contributed by atoms with Crippen LogP contribution in [0, 0.1) is 49.4 Å². The highest BCUT2D eigenvalue weighted by Crippen LogP contribution is 2.61. The monoisotopic (exact) mass is 1920 g/mol. The Morgan fingerprint density at radius 3 is 1.60 bits per heavy atom. The second-order valence-corrected chi connectivity index (χ2v) is 42.2. The zero-order chi connectivity index (χ0) is 92.7. The van der Waals surface area contributed by atoms with Crippen molar-refractivity contribution in [2.24, 2.45) is 21.7 Å². The lowest BCUT2D eigenvalue weighted by molar-refractivity contribution is -0.0309. The highest BCUT2D eigenvalue weighted by Gasteiger charge is 2.63. The van der Waals surface area contributed by atoms with Crippen LogP contribution in [0.15, 0.2) is 176 Å². The van der Waals surface area contributed by atoms with Crippen LogP contribution in [0.1, 0.15) is 169 Å². The molecule has 4 saturated heterocycles. The van der Waals surface area contributed by atoms with Gasteiger partial charge in [0.05, 0.1) is 141 Å². The predicted octanol–water partition coefficient (Wildman–Crippen LogP) is 11.3. The summed E-state index contributed by atoms with van der Waals surface area (Å²) in [5.74, 6) is 1.58. The van der Waals surface area contributed by atoms with Gasteiger partial charge in [0, 0.05) is 121 Å². The number of sulfone groups is 1. The first kappa shape index (κ1) is 88.1. The van der Waals surface area contributed by atoms with Gasteiger partial charge < -0.3 is 99.3 Å². The van der Waals surface area contributed by atoms with Crippen molar-refractivity contribution >= 4 is 132 Å². The molecule has 0 bridgehead atoms. The third-order valence-corrected chi connectivity index (χ3v) is 34.2. The van der Waals surface area contributed by atoms with Crippen LogP contribution in [-0.4, -0.2) is 217 Å². The number of para-hydroxylation sites is 1. The van der Waals surface area contributed by atoms with Crippen molar-refractivity contribution in [3.63, 3.8) is 0 Å². The standard InChI is InChI=1S/C26H29N5O3.C25H27N5O3.C23H23BrN6O4S.C23H24ClN5O3/c1-15-19-9-10-31(25(19)29-14-28-15)20-12-26(24(33)23(20)32)11-18(34-13-26)7-5-16-3-2-4-17-6-8-21(27)30-22(16)17;1-14-17-5-7-30(24(17)28-13-27-14)18-9-25(23(32)22(18)31)10-20(33-12-25)16-4-6-29-19(15-2-3-15)11-26-21(29)8-16;24-14-5-11-1-2-12(6-15(11)29-21(14)26)17-8-23(9-35(17,33)34)7-16(18(31)19(23)32)30-4-3-13-20(25)27-10-28-22(13)30;1-12-9-25-22-18(24)15(4-5-28(12)22)17-8-23(10-32-17)7-16(19(30)20(23)31)29-6-3-14-13(2)26-11-27-21(14)29/h2-4,6,8-10,14,18,20,23-24,32-33H,5,7,11-13H2,1H3,(H2,27,30);4-8,11,13,15,18,20,22-23,31-32H,2-3,9-10,12H2,1H3;1-6,10,16-19,31-32H,7-9H2,(H2,26,29)(H2,25,27,28);3-6,9,11,16-17,19-20,30-31H,7-8,10H2,1-2H3/t18-,20+,23-,24-,26-;18-,20-,22+,23+,25-;16-,17-,18+,19+,23-;16-,17-,19+,20+,23-/m0111/s1. The van der Waals surface area contributed by atoms with Crippen LogP contribution in [-0.2, 0) is 30.5 Å². The first-order valence-electron chi connectivity index (χ1n) is 45.5. The molecule has 4 spiro atoms. The van der Waals surface area contributed by atoms with Gasteiger partial charge in [-0.15, -0.1) is 0 Å². The number of aryl methyl sites for hydroxylation is 5. The van der Waals surface area contributed by atoms with E-state index in [4.69, 9.17) is 43.0 Å². The number of pyridine rings is 4. The van der Waals surface area contributed by atoms with Gasteiger partial charge in [-0.05, 0) is 204 Å². The number of aliphatic hydroxyl groups is 8. The largest absolute Gasteiger partial charge is 0.390 e. The van der Waals surface area contributed by atoms with Gasteiger partial charge in [-0.2, -0.15) is 0 Å². The number of nitrogens with two attached hydrogens (primary N) is 3. The quantitative estimate of drug-likeness (QED) is 0.0573. The summed E-state index contributed by atoms with van der Waals surface area (Å²) in [5.41, 5.74) is 30.0. The van der Waals surface area contributed by atoms with Crippen molar-refractivity contribution in [2.75, 3.05) is 42.8 Å². The Morgan fingerprint density at radius 2 is 1.00 bits per heavy atom. The molecular weight excluding hydrogens is 1810 g/mol. The number of halogens is 2. The maximum atomic E-state index is 13.4. The van der Waals surface area contributed by atoms with Gasteiger partial charge in [-0.3, -0.25) is 0 Å². The van der Waals surface area contributed by atoms with E-state index in [1.165, 1.54) is 31.2 Å². The molecule has 34 nitrogen and oxygen atoms in total. The molecule has 0 radical (unpaired) electrons. The highest BCUT2D eigenvalue weighted by atomic mass is 79.9. The van der Waals surface area contributed by atoms with E-state index in [1.807, 2.05) is 137 Å². The van der Waals surface area contributed by atoms with Gasteiger partial charge in [0.2, 0.25) is 0 Å². The van der Waals surface area contributed by atoms with E-state index in [-0.39, 0.29) is 55.0 Å². The topological polar surface area (TPSA) is 485 Å². The van der Waals surface area contributed by atoms with Crippen molar-refractivity contribution in [2.45, 2.75) is 207 Å². The third kappa shape index (κ3) is 14.8. The molecule has 25 rings (SSSR count). The molecule has 0 amide bonds. The Hall–Kier alpha value is -11.2. The second kappa shape index (κ2) is 33.4. The number of anilines is 3. The molecule has 9 fully saturated rings. The van der Waals surface area contributed by atoms with Gasteiger partial charge in [0.25, 0.3) is 0 Å². The fourth-order valence-corrected chi connectivity index (χ4v) is 26.7. The SMILES string of the molecule is Cc1ncnc2c1ccn2[C@@H]1C[C@@]2(CO[C@@H](CCc3cccc4ccc(N)nc34)C2)[C@@H](O)[C@H]1O.Cc1ncnc2c1ccn2[C@@H]1C[C@@]2(CO[C@@H](c3ccn4c(C)cnc4c3Cl)C2)[C@@H](O)[C@H]1O.Cc1ncnc2c1ccn2[C@@H]1C[C@@]2(CO[C@@H](c3ccn4c(C5CC5)cnc4c3)C2)[C@@H](O)[C@H]1O.Nc1nc2cc([C@H]3C[C@]4(C[C@@H](n5ccc6c(N)ncnc65)[C@H](O)[C@@H]4O)CS3(=O)=O)ccc2cc1Br. The van der Waals surface area contributed by atoms with Crippen molar-refractivity contribution in [1.82, 2.24) is 86.9 Å². The number of hydrogen-bond acceptors (Lipinski definition) is 28. The summed E-state index contributed by atoms with van der Waals surface area (Å²) in [6.45, 7) is 9.04. The van der Waals surface area contributed by atoms with Crippen molar-refractivity contribution < 1.29 is 63.5 Å². The fourth-order valence-electron chi connectivity index (χ4n) is 23.5. The molecule has 14 N–H and O–H groups in total. The van der Waals surface area contributed by atoms with Crippen molar-refractivity contribution in [1.29, 1.82) is 0 Å². The average Bonchev–Trinajstić information content (AvgIpc) is 1.56. The van der Waals surface area contributed by atoms with E-state index in [0.717, 1.165) is 114 Å². The molecular formula is C97H103BrClN21O13S. The number of fused-ring (bicyclic) bond motifs is 8. The number of imidazole rings is 2. The van der Waals surface area contributed by atoms with Gasteiger partial charge >= 0.3 is 0 Å². The molecule has 5 saturated carbocycles. The van der Waals surface area contributed by atoms with E-state index >= 15 is 0 Å². The van der Waals surface area contributed by atoms with Crippen LogP contribution in [0.5, 0.6) is 0 Å². The number of nitrogen functional groups attached to an aromatic ring is 3. The van der Waals surface area contributed by atoms with Crippen molar-refractivity contribution in [3.8, 4) is 0 Å². The van der Waals surface area contributed by atoms with E-state index in [1.54, 1.807) is 47.8 Å². The summed E-state index contributed by atoms with van der Waals surface area (Å²) in [4.78, 5) is 52.3. The Balaban J connectivity index is 0.000000104. The third-order valence-electron chi connectivity index (χ3n) is 30.9. The summed E-state index contributed by atoms with van der Waals surface area (Å²) in [6.07, 6.45) is 21.7. The number of aliphatic hydroxyl groups excluding tert-OH is 8. The van der Waals surface area contributed by atoms with Crippen LogP contribution in [0.25, 0.3) is 77.2 Å². The van der Waals surface area contributed by atoms with Crippen LogP contribution in [0.4, 0.5) is 17.5 Å². The maximum absolute atomic E-state index is 13.4. The van der Waals surface area contributed by atoms with Gasteiger partial charge in [-0.25, -0.2) is 68.2 Å². The lowest BCUT2D eigenvalue weighted by Crippen LogP contribution is -2.37. The summed E-state index contributed by atoms with van der Waals surface area (Å²) in [7, 11) is -3.61. The molecule has 134 heavy (non-hydrogen) atoms. The Labute approximate surface area is 781 Å². The molecule has 16 aromatic rings. The van der Waals surface area contributed by atoms with Crippen LogP contribution in [0.2, 0.25) is 5.02 Å². The van der Waals surface area contributed by atoms with E-state index in [9.17, 15) is 49.3 Å². The lowest BCUT2D eigenvalue weighted by atomic mass is 9.80. The number of aromatic nitrogens is 18. The molecule has 4 aliphatic heterocycles. The molecule has 20 atom stereocenters. The smallest absolute Gasteiger partial charge is 0.157 e. The van der Waals surface area contributed by atoms with Crippen LogP contribution < -0.4 is 17.2 Å². The molecule has 14 aromatic heterocycles. The second-order valence-electron chi connectivity index (χ2n) is 38.8. The summed E-state index contributed by atoms with van der Waals surface area (Å²) in [6, 6.07) is 29.7. The minimum atomic E-state index is -3.61. The molecule has 694 valence electrons. The number of benzene rings is 2. The first-order valence-corrected chi connectivity index (χ1v) is 48.4. The zero-order valence-electron chi connectivity index (χ0n) is 73.9. The van der Waals surface area contributed by atoms with Crippen LogP contribution in [0.3, 0.4) is 0 Å². The molecule has 0 unspecified atom stereocenters. The summed E-state index contributed by atoms with van der Waals surface area (Å²) >= 11 is 10.1. The average molecular weight is 1920 g/mol. The normalized spacial score (nSPS) is 30.3. The maximum Gasteiger partial charge on any atom is 0.157 e. The van der Waals surface area contributed by atoms with E-state index < -0.39 is 91.6 Å². The minimum Gasteiger partial charge on any atom is -0.390 e. The van der Waals surface area contributed by atoms with E-state index in [0.29, 0.717) is 113 Å². The summed E-state index contributed by atoms with van der Waals surface area (Å²) < 4.78 is 57.9. The summed E-state index contributed by atoms with van der Waals surface area (Å²) in [5, 5.41) is 93.9. The van der Waals surface area contributed by atoms with Gasteiger partial charge in [0.1, 0.15) is 95.4 Å². The molecule has 9 aliphatic rings. The Bertz CT molecular complexity index is 7440. The van der Waals surface area contributed by atoms with Gasteiger partial charge in [-0.1, -0.05) is 41.9 Å². The van der Waals surface area contributed by atoms with Crippen molar-refractivity contribution in [3.05, 3.63) is 232 Å². The molecule has 2 aromatic carbocycles. The number of hydrogen-bond donors (Lipinski definition) is 11. The highest BCUT2D eigenvalue weighted by molar-refractivity contribution is 9.10. The minimum absolute atomic E-state index is 0.0166. The molecule has 37 heteroatoms. The van der Waals surface area contributed by atoms with E-state index in [2.05, 4.69) is 105 Å². The number of ether oxygens (including phenoxy) is 3. The van der Waals surface area contributed by atoms with Gasteiger partial charge in [0.15, 0.2) is 15.5 Å². The first-order chi connectivity index (χ1) is 64.5. The fraction of sp³-hybridized carbons (Fsp3) is 0.423. The predicted molar refractivity (Wildman–Crippen MR) is 504 cm³/mol. The zero-order valence-corrected chi connectivity index (χ0v) is 77.0. The lowest BCUT2D eigenvalue weighted by Gasteiger charge is -2.26. The Kier molecular flexibility index (Phi) is 21.9. The number of rotatable bonds is 11. The van der Waals surface area contributed by atoms with Crippen LogP contribution >= 0.6 is 27.5 Å². The molecule has 18 heterocycles. The number of nitrogens with zero attached hydrogens (tertiary/aromatic N) is 18. The Morgan fingerprint density at radius 1 is 0.478 bits per heavy atom.